The molecule has 1 aliphatic heterocycles. The van der Waals surface area contributed by atoms with E-state index in [-0.39, 0.29) is 18.9 Å². The molecule has 1 unspecified atom stereocenters. The van der Waals surface area contributed by atoms with Gasteiger partial charge >= 0.3 is 12.3 Å². The molecule has 1 aromatic carbocycles. The van der Waals surface area contributed by atoms with E-state index in [4.69, 9.17) is 0 Å². The van der Waals surface area contributed by atoms with E-state index >= 15 is 0 Å². The second-order valence-corrected chi connectivity index (χ2v) is 7.21. The van der Waals surface area contributed by atoms with Crippen LogP contribution in [0.4, 0.5) is 18.0 Å². The summed E-state index contributed by atoms with van der Waals surface area (Å²) in [5.74, 6) is -0.326. The number of halogens is 3. The molecular weight excluding hydrogens is 323 g/mol. The maximum atomic E-state index is 12.7. The van der Waals surface area contributed by atoms with Crippen molar-refractivity contribution in [2.75, 3.05) is 6.54 Å². The number of likely N-dealkylation sites (tertiary alicyclic amines) is 1. The van der Waals surface area contributed by atoms with Crippen molar-refractivity contribution in [2.24, 2.45) is 5.41 Å². The quantitative estimate of drug-likeness (QED) is 0.821. The molecule has 0 saturated carbocycles. The van der Waals surface area contributed by atoms with Crippen LogP contribution in [0.2, 0.25) is 0 Å². The van der Waals surface area contributed by atoms with Gasteiger partial charge in [-0.1, -0.05) is 32.9 Å². The van der Waals surface area contributed by atoms with E-state index in [1.807, 2.05) is 0 Å². The summed E-state index contributed by atoms with van der Waals surface area (Å²) >= 11 is 0. The number of carboxylic acid groups (broad SMARTS) is 1. The number of nitrogens with zero attached hydrogens (tertiary/aromatic N) is 1. The largest absolute Gasteiger partial charge is 0.465 e. The number of hydrogen-bond acceptors (Lipinski definition) is 2. The summed E-state index contributed by atoms with van der Waals surface area (Å²) in [6, 6.07) is 4.69. The van der Waals surface area contributed by atoms with Crippen LogP contribution in [0, 0.1) is 5.41 Å². The fourth-order valence-electron chi connectivity index (χ4n) is 3.35. The zero-order valence-electron chi connectivity index (χ0n) is 13.7. The van der Waals surface area contributed by atoms with E-state index in [0.29, 0.717) is 11.8 Å². The van der Waals surface area contributed by atoms with Gasteiger partial charge < -0.3 is 9.90 Å². The molecule has 0 aromatic heterocycles. The second kappa shape index (κ2) is 5.79. The molecular formula is C17H20F3NO3. The third-order valence-corrected chi connectivity index (χ3v) is 4.88. The highest BCUT2D eigenvalue weighted by Crippen LogP contribution is 2.47. The molecule has 1 fully saturated rings. The molecule has 1 saturated heterocycles. The topological polar surface area (TPSA) is 57.6 Å². The lowest BCUT2D eigenvalue weighted by Crippen LogP contribution is -2.56. The Morgan fingerprint density at radius 3 is 2.12 bits per heavy atom. The summed E-state index contributed by atoms with van der Waals surface area (Å²) in [6.45, 7) is 5.43. The van der Waals surface area contributed by atoms with Crippen molar-refractivity contribution in [3.05, 3.63) is 35.4 Å². The molecule has 0 spiro atoms. The highest BCUT2D eigenvalue weighted by molar-refractivity contribution is 5.78. The van der Waals surface area contributed by atoms with Crippen LogP contribution >= 0.6 is 0 Å². The van der Waals surface area contributed by atoms with Crippen LogP contribution in [-0.4, -0.2) is 34.5 Å². The Morgan fingerprint density at radius 2 is 1.79 bits per heavy atom. The standard InChI is InChI=1S/C17H20F3NO3/c1-15(2,3)16(10-22)8-12(9-21(16)14(23)24)11-4-6-13(7-5-11)17(18,19)20/h4-7,10,12H,8-9H2,1-3H3,(H,23,24)/t12?,16-/m0/s1. The van der Waals surface area contributed by atoms with E-state index in [1.165, 1.54) is 12.1 Å². The van der Waals surface area contributed by atoms with Crippen molar-refractivity contribution in [1.29, 1.82) is 0 Å². The highest BCUT2D eigenvalue weighted by Gasteiger charge is 2.55. The molecule has 4 nitrogen and oxygen atoms in total. The van der Waals surface area contributed by atoms with Crippen molar-refractivity contribution in [3.63, 3.8) is 0 Å². The first-order chi connectivity index (χ1) is 10.9. The molecule has 0 aliphatic carbocycles. The van der Waals surface area contributed by atoms with Gasteiger partial charge in [0.15, 0.2) is 0 Å². The van der Waals surface area contributed by atoms with Gasteiger partial charge in [0, 0.05) is 12.5 Å². The Morgan fingerprint density at radius 1 is 1.25 bits per heavy atom. The lowest BCUT2D eigenvalue weighted by molar-refractivity contribution is -0.137. The van der Waals surface area contributed by atoms with Crippen LogP contribution in [0.15, 0.2) is 24.3 Å². The third kappa shape index (κ3) is 2.99. The summed E-state index contributed by atoms with van der Waals surface area (Å²) in [7, 11) is 0. The van der Waals surface area contributed by atoms with Gasteiger partial charge in [-0.3, -0.25) is 4.90 Å². The van der Waals surface area contributed by atoms with E-state index in [0.717, 1.165) is 17.0 Å². The first-order valence-corrected chi connectivity index (χ1v) is 7.56. The lowest BCUT2D eigenvalue weighted by atomic mass is 9.71. The van der Waals surface area contributed by atoms with Crippen LogP contribution in [-0.2, 0) is 11.0 Å². The molecule has 24 heavy (non-hydrogen) atoms. The number of benzene rings is 1. The maximum Gasteiger partial charge on any atom is 0.416 e. The first-order valence-electron chi connectivity index (χ1n) is 7.56. The lowest BCUT2D eigenvalue weighted by Gasteiger charge is -2.42. The third-order valence-electron chi connectivity index (χ3n) is 4.88. The summed E-state index contributed by atoms with van der Waals surface area (Å²) < 4.78 is 38.0. The SMILES string of the molecule is CC(C)(C)[C@@]1(C=O)CC(c2ccc(C(F)(F)F)cc2)CN1C(=O)O. The fourth-order valence-corrected chi connectivity index (χ4v) is 3.35. The average Bonchev–Trinajstić information content (AvgIpc) is 2.87. The Bertz CT molecular complexity index is 634. The molecule has 1 amide bonds. The Labute approximate surface area is 138 Å². The zero-order valence-corrected chi connectivity index (χ0v) is 13.7. The highest BCUT2D eigenvalue weighted by atomic mass is 19.4. The Balaban J connectivity index is 2.37. The number of carbonyl (C=O) groups is 2. The van der Waals surface area contributed by atoms with Crippen molar-refractivity contribution in [2.45, 2.75) is 44.8 Å². The minimum atomic E-state index is -4.42. The van der Waals surface area contributed by atoms with E-state index in [2.05, 4.69) is 0 Å². The minimum absolute atomic E-state index is 0.0801. The number of rotatable bonds is 2. The summed E-state index contributed by atoms with van der Waals surface area (Å²) in [6.07, 6.45) is -4.71. The average molecular weight is 343 g/mol. The summed E-state index contributed by atoms with van der Waals surface area (Å²) in [5, 5.41) is 9.48. The predicted octanol–water partition coefficient (Wildman–Crippen LogP) is 4.16. The van der Waals surface area contributed by atoms with Crippen LogP contribution in [0.3, 0.4) is 0 Å². The fraction of sp³-hybridized carbons (Fsp3) is 0.529. The van der Waals surface area contributed by atoms with Crippen LogP contribution in [0.1, 0.15) is 44.2 Å². The van der Waals surface area contributed by atoms with Crippen molar-refractivity contribution in [1.82, 2.24) is 4.90 Å². The van der Waals surface area contributed by atoms with Gasteiger partial charge in [0.25, 0.3) is 0 Å². The van der Waals surface area contributed by atoms with Crippen LogP contribution < -0.4 is 0 Å². The molecule has 0 radical (unpaired) electrons. The summed E-state index contributed by atoms with van der Waals surface area (Å²) in [5.41, 5.74) is -1.99. The molecule has 1 aliphatic rings. The van der Waals surface area contributed by atoms with E-state index in [9.17, 15) is 27.9 Å². The van der Waals surface area contributed by atoms with Gasteiger partial charge in [-0.15, -0.1) is 0 Å². The van der Waals surface area contributed by atoms with Crippen LogP contribution in [0.25, 0.3) is 0 Å². The van der Waals surface area contributed by atoms with E-state index in [1.54, 1.807) is 20.8 Å². The normalized spacial score (nSPS) is 24.9. The van der Waals surface area contributed by atoms with E-state index < -0.39 is 28.8 Å². The van der Waals surface area contributed by atoms with Crippen LogP contribution in [0.5, 0.6) is 0 Å². The van der Waals surface area contributed by atoms with Crippen molar-refractivity contribution < 1.29 is 27.9 Å². The van der Waals surface area contributed by atoms with Gasteiger partial charge in [0.05, 0.1) is 5.56 Å². The smallest absolute Gasteiger partial charge is 0.416 e. The number of alkyl halides is 3. The van der Waals surface area contributed by atoms with Gasteiger partial charge in [-0.2, -0.15) is 13.2 Å². The van der Waals surface area contributed by atoms with Gasteiger partial charge in [0.1, 0.15) is 11.8 Å². The molecule has 0 bridgehead atoms. The molecule has 2 rings (SSSR count). The van der Waals surface area contributed by atoms with Gasteiger partial charge in [-0.25, -0.2) is 4.79 Å². The number of amides is 1. The van der Waals surface area contributed by atoms with Crippen molar-refractivity contribution in [3.8, 4) is 0 Å². The van der Waals surface area contributed by atoms with Crippen molar-refractivity contribution >= 4 is 12.4 Å². The zero-order chi connectivity index (χ0) is 18.3. The number of aldehydes is 1. The molecule has 1 N–H and O–H groups in total. The Kier molecular flexibility index (Phi) is 4.41. The Hall–Kier alpha value is -2.05. The summed E-state index contributed by atoms with van der Waals surface area (Å²) in [4.78, 5) is 24.5. The molecule has 132 valence electrons. The molecule has 7 heteroatoms. The number of carbonyl (C=O) groups excluding carboxylic acids is 1. The second-order valence-electron chi connectivity index (χ2n) is 7.21. The first kappa shape index (κ1) is 18.3. The molecule has 2 atom stereocenters. The van der Waals surface area contributed by atoms with Gasteiger partial charge in [0.2, 0.25) is 0 Å². The monoisotopic (exact) mass is 343 g/mol. The maximum absolute atomic E-state index is 12.7. The predicted molar refractivity (Wildman–Crippen MR) is 81.8 cm³/mol. The van der Waals surface area contributed by atoms with Gasteiger partial charge in [-0.05, 0) is 29.5 Å². The molecule has 1 aromatic rings. The minimum Gasteiger partial charge on any atom is -0.465 e. The molecule has 1 heterocycles. The number of hydrogen-bond donors (Lipinski definition) is 1.